The Balaban J connectivity index is 1.47. The Labute approximate surface area is 182 Å². The third-order valence-electron chi connectivity index (χ3n) is 7.50. The van der Waals surface area contributed by atoms with Gasteiger partial charge < -0.3 is 5.32 Å². The second kappa shape index (κ2) is 7.63. The lowest BCUT2D eigenvalue weighted by atomic mass is 9.81. The maximum atomic E-state index is 13.5. The Bertz CT molecular complexity index is 1020. The highest BCUT2D eigenvalue weighted by Gasteiger charge is 2.62. The van der Waals surface area contributed by atoms with Crippen LogP contribution in [0.3, 0.4) is 0 Å². The zero-order valence-electron chi connectivity index (χ0n) is 18.0. The Kier molecular flexibility index (Phi) is 4.92. The molecule has 0 unspecified atom stereocenters. The average Bonchev–Trinajstić information content (AvgIpc) is 3.44. The molecule has 3 aliphatic rings. The molecule has 160 valence electrons. The van der Waals surface area contributed by atoms with E-state index in [0.29, 0.717) is 18.3 Å². The summed E-state index contributed by atoms with van der Waals surface area (Å²) in [5.41, 5.74) is 3.65. The van der Waals surface area contributed by atoms with Gasteiger partial charge in [0, 0.05) is 12.1 Å². The van der Waals surface area contributed by atoms with Crippen molar-refractivity contribution in [2.24, 2.45) is 23.7 Å². The molecule has 5 rings (SSSR count). The minimum atomic E-state index is -0.840. The largest absolute Gasteiger partial charge is 0.324 e. The molecule has 1 N–H and O–H groups in total. The van der Waals surface area contributed by atoms with E-state index in [9.17, 15) is 14.4 Å². The molecule has 1 aliphatic heterocycles. The van der Waals surface area contributed by atoms with E-state index in [1.54, 1.807) is 0 Å². The van der Waals surface area contributed by atoms with Gasteiger partial charge in [-0.2, -0.15) is 0 Å². The topological polar surface area (TPSA) is 66.5 Å². The van der Waals surface area contributed by atoms with Gasteiger partial charge in [-0.15, -0.1) is 0 Å². The fraction of sp³-hybridized carbons (Fsp3) is 0.423. The van der Waals surface area contributed by atoms with Gasteiger partial charge in [-0.1, -0.05) is 42.5 Å². The van der Waals surface area contributed by atoms with E-state index in [1.807, 2.05) is 62.4 Å². The van der Waals surface area contributed by atoms with E-state index in [4.69, 9.17) is 0 Å². The molecule has 0 aromatic heterocycles. The third-order valence-corrected chi connectivity index (χ3v) is 7.50. The molecule has 3 amide bonds. The molecule has 31 heavy (non-hydrogen) atoms. The van der Waals surface area contributed by atoms with Crippen molar-refractivity contribution in [2.45, 2.75) is 45.6 Å². The fourth-order valence-electron chi connectivity index (χ4n) is 5.96. The van der Waals surface area contributed by atoms with Crippen molar-refractivity contribution in [3.05, 3.63) is 65.2 Å². The summed E-state index contributed by atoms with van der Waals surface area (Å²) in [5.74, 6) is -0.423. The normalized spacial score (nSPS) is 27.5. The first-order valence-corrected chi connectivity index (χ1v) is 11.2. The van der Waals surface area contributed by atoms with Crippen LogP contribution in [0.5, 0.6) is 0 Å². The van der Waals surface area contributed by atoms with Gasteiger partial charge in [0.1, 0.15) is 6.04 Å². The van der Waals surface area contributed by atoms with E-state index in [-0.39, 0.29) is 29.6 Å². The Morgan fingerprint density at radius 2 is 1.65 bits per heavy atom. The summed E-state index contributed by atoms with van der Waals surface area (Å²) in [4.78, 5) is 41.7. The molecule has 5 nitrogen and oxygen atoms in total. The zero-order valence-corrected chi connectivity index (χ0v) is 18.0. The van der Waals surface area contributed by atoms with Gasteiger partial charge in [0.2, 0.25) is 17.7 Å². The van der Waals surface area contributed by atoms with Gasteiger partial charge in [0.05, 0.1) is 11.8 Å². The summed E-state index contributed by atoms with van der Waals surface area (Å²) in [5, 5.41) is 3.01. The Morgan fingerprint density at radius 3 is 2.29 bits per heavy atom. The maximum absolute atomic E-state index is 13.5. The van der Waals surface area contributed by atoms with Crippen LogP contribution in [0.4, 0.5) is 5.69 Å². The standard InChI is InChI=1S/C26H28N2O3/c1-15-8-9-16(2)20(12-15)27-24(29)21(13-17-6-4-3-5-7-17)28-25(30)22-18-10-11-19(14-18)23(22)26(28)31/h3-9,12,18-19,21-23H,10-11,13-14H2,1-2H3,(H,27,29)/t18-,19-,21-,22+,23+/m1/s1. The van der Waals surface area contributed by atoms with E-state index in [2.05, 4.69) is 5.32 Å². The lowest BCUT2D eigenvalue weighted by Gasteiger charge is -2.27. The molecule has 2 aliphatic carbocycles. The molecule has 1 saturated heterocycles. The van der Waals surface area contributed by atoms with Gasteiger partial charge >= 0.3 is 0 Å². The van der Waals surface area contributed by atoms with Gasteiger partial charge in [-0.05, 0) is 67.7 Å². The molecular formula is C26H28N2O3. The molecule has 3 fully saturated rings. The number of fused-ring (bicyclic) bond motifs is 5. The quantitative estimate of drug-likeness (QED) is 0.752. The molecule has 5 heteroatoms. The third kappa shape index (κ3) is 3.36. The van der Waals surface area contributed by atoms with Gasteiger partial charge in [0.15, 0.2) is 0 Å². The van der Waals surface area contributed by atoms with Crippen LogP contribution < -0.4 is 5.32 Å². The summed E-state index contributed by atoms with van der Waals surface area (Å²) in [6.45, 7) is 3.91. The summed E-state index contributed by atoms with van der Waals surface area (Å²) in [6.07, 6.45) is 3.36. The molecule has 5 atom stereocenters. The number of aryl methyl sites for hydroxylation is 2. The predicted octanol–water partition coefficient (Wildman–Crippen LogP) is 3.88. The van der Waals surface area contributed by atoms with Crippen LogP contribution >= 0.6 is 0 Å². The van der Waals surface area contributed by atoms with E-state index in [1.165, 1.54) is 4.90 Å². The second-order valence-corrected chi connectivity index (χ2v) is 9.44. The van der Waals surface area contributed by atoms with Gasteiger partial charge in [-0.3, -0.25) is 19.3 Å². The van der Waals surface area contributed by atoms with E-state index < -0.39 is 6.04 Å². The van der Waals surface area contributed by atoms with Crippen molar-refractivity contribution in [1.29, 1.82) is 0 Å². The van der Waals surface area contributed by atoms with Gasteiger partial charge in [0.25, 0.3) is 0 Å². The fourth-order valence-corrected chi connectivity index (χ4v) is 5.96. The van der Waals surface area contributed by atoms with E-state index >= 15 is 0 Å². The molecule has 0 radical (unpaired) electrons. The minimum absolute atomic E-state index is 0.140. The number of carbonyl (C=O) groups is 3. The highest BCUT2D eigenvalue weighted by atomic mass is 16.2. The summed E-state index contributed by atoms with van der Waals surface area (Å²) < 4.78 is 0. The zero-order chi connectivity index (χ0) is 21.7. The molecule has 2 saturated carbocycles. The summed E-state index contributed by atoms with van der Waals surface area (Å²) >= 11 is 0. The second-order valence-electron chi connectivity index (χ2n) is 9.44. The summed E-state index contributed by atoms with van der Waals surface area (Å²) in [6, 6.07) is 14.7. The van der Waals surface area contributed by atoms with Crippen LogP contribution in [-0.2, 0) is 20.8 Å². The van der Waals surface area contributed by atoms with Crippen molar-refractivity contribution >= 4 is 23.4 Å². The van der Waals surface area contributed by atoms with Crippen molar-refractivity contribution in [2.75, 3.05) is 5.32 Å². The number of likely N-dealkylation sites (tertiary alicyclic amines) is 1. The highest BCUT2D eigenvalue weighted by molar-refractivity contribution is 6.10. The van der Waals surface area contributed by atoms with E-state index in [0.717, 1.165) is 41.6 Å². The molecule has 1 heterocycles. The summed E-state index contributed by atoms with van der Waals surface area (Å²) in [7, 11) is 0. The monoisotopic (exact) mass is 416 g/mol. The first-order valence-electron chi connectivity index (χ1n) is 11.2. The Hall–Kier alpha value is -2.95. The number of anilines is 1. The van der Waals surface area contributed by atoms with Crippen molar-refractivity contribution in [1.82, 2.24) is 4.90 Å². The smallest absolute Gasteiger partial charge is 0.248 e. The number of rotatable bonds is 5. The van der Waals surface area contributed by atoms with Crippen LogP contribution in [0.25, 0.3) is 0 Å². The van der Waals surface area contributed by atoms with Crippen LogP contribution in [0.15, 0.2) is 48.5 Å². The van der Waals surface area contributed by atoms with Crippen LogP contribution in [0.2, 0.25) is 0 Å². The lowest BCUT2D eigenvalue weighted by molar-refractivity contribution is -0.147. The van der Waals surface area contributed by atoms with Crippen LogP contribution in [-0.4, -0.2) is 28.7 Å². The first-order chi connectivity index (χ1) is 14.9. The molecule has 2 bridgehead atoms. The van der Waals surface area contributed by atoms with Crippen molar-refractivity contribution in [3.63, 3.8) is 0 Å². The van der Waals surface area contributed by atoms with Gasteiger partial charge in [-0.25, -0.2) is 0 Å². The van der Waals surface area contributed by atoms with Crippen LogP contribution in [0, 0.1) is 37.5 Å². The molecule has 0 spiro atoms. The number of hydrogen-bond donors (Lipinski definition) is 1. The minimum Gasteiger partial charge on any atom is -0.324 e. The number of nitrogens with one attached hydrogen (secondary N) is 1. The molecular weight excluding hydrogens is 388 g/mol. The molecule has 2 aromatic carbocycles. The molecule has 2 aromatic rings. The lowest BCUT2D eigenvalue weighted by Crippen LogP contribution is -2.49. The maximum Gasteiger partial charge on any atom is 0.248 e. The number of nitrogens with zero attached hydrogens (tertiary/aromatic N) is 1. The average molecular weight is 417 g/mol. The number of imide groups is 1. The number of hydrogen-bond acceptors (Lipinski definition) is 3. The van der Waals surface area contributed by atoms with Crippen LogP contribution in [0.1, 0.15) is 36.0 Å². The number of amides is 3. The predicted molar refractivity (Wildman–Crippen MR) is 118 cm³/mol. The van der Waals surface area contributed by atoms with Crippen molar-refractivity contribution < 1.29 is 14.4 Å². The number of benzene rings is 2. The highest BCUT2D eigenvalue weighted by Crippen LogP contribution is 2.56. The number of carbonyl (C=O) groups excluding carboxylic acids is 3. The first kappa shape index (κ1) is 20.0. The van der Waals surface area contributed by atoms with Crippen molar-refractivity contribution in [3.8, 4) is 0 Å². The Morgan fingerprint density at radius 1 is 1.00 bits per heavy atom. The SMILES string of the molecule is Cc1ccc(C)c(NC(=O)[C@@H](Cc2ccccc2)N2C(=O)[C@H]3[C@@H]4CC[C@H](C4)[C@@H]3C2=O)c1.